The van der Waals surface area contributed by atoms with E-state index in [1.165, 1.54) is 13.1 Å². The summed E-state index contributed by atoms with van der Waals surface area (Å²) in [7, 11) is 1.53. The Kier molecular flexibility index (Phi) is 5.33. The number of halogens is 1. The Morgan fingerprint density at radius 2 is 1.82 bits per heavy atom. The SMILES string of the molecule is CNC(=O)c1ccc(Cl)cc1NC(=O)C=Cc1ccccc1. The minimum Gasteiger partial charge on any atom is -0.355 e. The van der Waals surface area contributed by atoms with Gasteiger partial charge in [0.2, 0.25) is 5.91 Å². The molecule has 0 spiro atoms. The van der Waals surface area contributed by atoms with Crippen LogP contribution in [0.25, 0.3) is 6.08 Å². The maximum Gasteiger partial charge on any atom is 0.253 e. The van der Waals surface area contributed by atoms with Crippen molar-refractivity contribution in [1.29, 1.82) is 0 Å². The molecule has 2 rings (SSSR count). The van der Waals surface area contributed by atoms with Crippen LogP contribution in [0.15, 0.2) is 54.6 Å². The van der Waals surface area contributed by atoms with Crippen molar-refractivity contribution in [3.8, 4) is 0 Å². The summed E-state index contributed by atoms with van der Waals surface area (Å²) in [4.78, 5) is 23.8. The van der Waals surface area contributed by atoms with Crippen LogP contribution < -0.4 is 10.6 Å². The zero-order valence-corrected chi connectivity index (χ0v) is 12.7. The van der Waals surface area contributed by atoms with E-state index in [4.69, 9.17) is 11.6 Å². The van der Waals surface area contributed by atoms with Crippen molar-refractivity contribution in [2.75, 3.05) is 12.4 Å². The third kappa shape index (κ3) is 4.20. The summed E-state index contributed by atoms with van der Waals surface area (Å²) >= 11 is 5.92. The van der Waals surface area contributed by atoms with Crippen LogP contribution in [-0.2, 0) is 4.79 Å². The van der Waals surface area contributed by atoms with Crippen LogP contribution >= 0.6 is 11.6 Å². The molecule has 0 aliphatic rings. The monoisotopic (exact) mass is 314 g/mol. The second-order valence-corrected chi connectivity index (χ2v) is 4.94. The van der Waals surface area contributed by atoms with Gasteiger partial charge in [0.15, 0.2) is 0 Å². The average Bonchev–Trinajstić information content (AvgIpc) is 2.53. The van der Waals surface area contributed by atoms with Crippen LogP contribution in [0.2, 0.25) is 5.02 Å². The molecule has 2 N–H and O–H groups in total. The van der Waals surface area contributed by atoms with Crippen molar-refractivity contribution >= 4 is 35.2 Å². The van der Waals surface area contributed by atoms with Gasteiger partial charge in [0.25, 0.3) is 5.91 Å². The van der Waals surface area contributed by atoms with E-state index in [0.717, 1.165) is 5.56 Å². The van der Waals surface area contributed by atoms with Gasteiger partial charge < -0.3 is 10.6 Å². The molecule has 0 saturated carbocycles. The average molecular weight is 315 g/mol. The lowest BCUT2D eigenvalue weighted by molar-refractivity contribution is -0.111. The summed E-state index contributed by atoms with van der Waals surface area (Å²) in [6, 6.07) is 14.2. The molecule has 0 heterocycles. The second-order valence-electron chi connectivity index (χ2n) is 4.50. The Labute approximate surface area is 133 Å². The summed E-state index contributed by atoms with van der Waals surface area (Å²) in [5.41, 5.74) is 1.64. The summed E-state index contributed by atoms with van der Waals surface area (Å²) in [5, 5.41) is 5.63. The van der Waals surface area contributed by atoms with E-state index in [9.17, 15) is 9.59 Å². The highest BCUT2D eigenvalue weighted by molar-refractivity contribution is 6.31. The lowest BCUT2D eigenvalue weighted by Crippen LogP contribution is -2.20. The Morgan fingerprint density at radius 1 is 1.09 bits per heavy atom. The molecule has 112 valence electrons. The molecule has 4 nitrogen and oxygen atoms in total. The molecule has 0 unspecified atom stereocenters. The van der Waals surface area contributed by atoms with Gasteiger partial charge in [0, 0.05) is 18.1 Å². The smallest absolute Gasteiger partial charge is 0.253 e. The number of benzene rings is 2. The lowest BCUT2D eigenvalue weighted by atomic mass is 10.1. The van der Waals surface area contributed by atoms with E-state index in [-0.39, 0.29) is 11.8 Å². The standard InChI is InChI=1S/C17H15ClN2O2/c1-19-17(22)14-9-8-13(18)11-15(14)20-16(21)10-7-12-5-3-2-4-6-12/h2-11H,1H3,(H,19,22)(H,20,21). The summed E-state index contributed by atoms with van der Waals surface area (Å²) < 4.78 is 0. The minimum absolute atomic E-state index is 0.293. The molecular weight excluding hydrogens is 300 g/mol. The van der Waals surface area contributed by atoms with Crippen LogP contribution in [0.3, 0.4) is 0 Å². The number of carbonyl (C=O) groups is 2. The molecule has 0 atom stereocenters. The molecule has 0 aliphatic carbocycles. The van der Waals surface area contributed by atoms with Crippen LogP contribution in [0, 0.1) is 0 Å². The number of hydrogen-bond acceptors (Lipinski definition) is 2. The van der Waals surface area contributed by atoms with Crippen LogP contribution in [0.1, 0.15) is 15.9 Å². The fourth-order valence-electron chi connectivity index (χ4n) is 1.86. The highest BCUT2D eigenvalue weighted by Gasteiger charge is 2.11. The fraction of sp³-hybridized carbons (Fsp3) is 0.0588. The summed E-state index contributed by atoms with van der Waals surface area (Å²) in [5.74, 6) is -0.629. The van der Waals surface area contributed by atoms with Gasteiger partial charge in [-0.3, -0.25) is 9.59 Å². The number of rotatable bonds is 4. The van der Waals surface area contributed by atoms with Crippen molar-refractivity contribution in [1.82, 2.24) is 5.32 Å². The predicted octanol–water partition coefficient (Wildman–Crippen LogP) is 3.35. The first-order chi connectivity index (χ1) is 10.6. The number of carbonyl (C=O) groups excluding carboxylic acids is 2. The van der Waals surface area contributed by atoms with E-state index in [2.05, 4.69) is 10.6 Å². The molecule has 0 radical (unpaired) electrons. The molecule has 0 aliphatic heterocycles. The number of nitrogens with one attached hydrogen (secondary N) is 2. The highest BCUT2D eigenvalue weighted by Crippen LogP contribution is 2.21. The van der Waals surface area contributed by atoms with Gasteiger partial charge in [-0.2, -0.15) is 0 Å². The number of hydrogen-bond donors (Lipinski definition) is 2. The Morgan fingerprint density at radius 3 is 2.50 bits per heavy atom. The van der Waals surface area contributed by atoms with Crippen molar-refractivity contribution in [3.05, 3.63) is 70.8 Å². The number of anilines is 1. The van der Waals surface area contributed by atoms with Gasteiger partial charge >= 0.3 is 0 Å². The first kappa shape index (κ1) is 15.8. The quantitative estimate of drug-likeness (QED) is 0.850. The molecule has 0 aromatic heterocycles. The number of amides is 2. The van der Waals surface area contributed by atoms with E-state index in [1.54, 1.807) is 24.3 Å². The second kappa shape index (κ2) is 7.43. The van der Waals surface area contributed by atoms with Gasteiger partial charge in [-0.25, -0.2) is 0 Å². The molecule has 0 fully saturated rings. The van der Waals surface area contributed by atoms with E-state index in [1.807, 2.05) is 30.3 Å². The predicted molar refractivity (Wildman–Crippen MR) is 88.9 cm³/mol. The van der Waals surface area contributed by atoms with Gasteiger partial charge in [0.05, 0.1) is 11.3 Å². The van der Waals surface area contributed by atoms with Crippen LogP contribution in [0.4, 0.5) is 5.69 Å². The molecule has 0 saturated heterocycles. The molecule has 2 aromatic carbocycles. The zero-order chi connectivity index (χ0) is 15.9. The third-order valence-corrected chi connectivity index (χ3v) is 3.17. The van der Waals surface area contributed by atoms with E-state index < -0.39 is 0 Å². The van der Waals surface area contributed by atoms with E-state index in [0.29, 0.717) is 16.3 Å². The third-order valence-electron chi connectivity index (χ3n) is 2.94. The molecule has 2 amide bonds. The molecule has 22 heavy (non-hydrogen) atoms. The van der Waals surface area contributed by atoms with Crippen molar-refractivity contribution in [2.24, 2.45) is 0 Å². The van der Waals surface area contributed by atoms with Crippen LogP contribution in [-0.4, -0.2) is 18.9 Å². The largest absolute Gasteiger partial charge is 0.355 e. The summed E-state index contributed by atoms with van der Waals surface area (Å²) in [6.07, 6.45) is 3.10. The van der Waals surface area contributed by atoms with Crippen molar-refractivity contribution < 1.29 is 9.59 Å². The maximum absolute atomic E-state index is 12.0. The van der Waals surface area contributed by atoms with Gasteiger partial charge in [-0.05, 0) is 29.8 Å². The Balaban J connectivity index is 2.16. The van der Waals surface area contributed by atoms with Gasteiger partial charge in [0.1, 0.15) is 0 Å². The van der Waals surface area contributed by atoms with Crippen LogP contribution in [0.5, 0.6) is 0 Å². The highest BCUT2D eigenvalue weighted by atomic mass is 35.5. The summed E-state index contributed by atoms with van der Waals surface area (Å²) in [6.45, 7) is 0. The maximum atomic E-state index is 12.0. The van der Waals surface area contributed by atoms with Crippen molar-refractivity contribution in [2.45, 2.75) is 0 Å². The lowest BCUT2D eigenvalue weighted by Gasteiger charge is -2.09. The first-order valence-corrected chi connectivity index (χ1v) is 7.03. The normalized spacial score (nSPS) is 10.5. The van der Waals surface area contributed by atoms with Crippen molar-refractivity contribution in [3.63, 3.8) is 0 Å². The first-order valence-electron chi connectivity index (χ1n) is 6.66. The van der Waals surface area contributed by atoms with E-state index >= 15 is 0 Å². The van der Waals surface area contributed by atoms with Gasteiger partial charge in [-0.1, -0.05) is 41.9 Å². The Hall–Kier alpha value is -2.59. The fourth-order valence-corrected chi connectivity index (χ4v) is 2.04. The molecular formula is C17H15ClN2O2. The van der Waals surface area contributed by atoms with Gasteiger partial charge in [-0.15, -0.1) is 0 Å². The molecule has 0 bridgehead atoms. The zero-order valence-electron chi connectivity index (χ0n) is 12.0. The Bertz CT molecular complexity index is 712. The topological polar surface area (TPSA) is 58.2 Å². The molecule has 2 aromatic rings. The minimum atomic E-state index is -0.337. The molecule has 5 heteroatoms.